The highest BCUT2D eigenvalue weighted by Gasteiger charge is 2.35. The number of hydrogen-bond donors (Lipinski definition) is 4. The molecule has 5 atom stereocenters. The van der Waals surface area contributed by atoms with Gasteiger partial charge in [0, 0.05) is 39.6 Å². The molecule has 0 saturated heterocycles. The fourth-order valence-corrected chi connectivity index (χ4v) is 8.92. The van der Waals surface area contributed by atoms with Gasteiger partial charge >= 0.3 is 0 Å². The monoisotopic (exact) mass is 736 g/mol. The molecule has 0 bridgehead atoms. The van der Waals surface area contributed by atoms with Crippen LogP contribution in [-0.4, -0.2) is 96.4 Å². The Morgan fingerprint density at radius 2 is 1.65 bits per heavy atom. The molecule has 1 saturated carbocycles. The van der Waals surface area contributed by atoms with E-state index in [-0.39, 0.29) is 25.3 Å². The number of terminal acetylenes is 1. The fraction of sp³-hybridized carbons (Fsp3) is 0.610. The summed E-state index contributed by atoms with van der Waals surface area (Å²) in [7, 11) is -2.33. The van der Waals surface area contributed by atoms with Gasteiger partial charge in [-0.05, 0) is 54.2 Å². The standard InChI is InChI=1S/C41H60N4O6S/c1-5-14-36(41(49)43-37(27-32-17-10-7-11-18-32)39(47)38(46)25-30(2)3)42-40(48)35(26-31-15-8-6-9-16-31)29-52(50,51)44(4)23-24-45-22-21-33-19-12-13-20-34(33)28-45/h1,6,8-9,12-13,15-16,19-20,30,32,35-39,46-47H,7,10-11,14,17-18,21-29H2,2-4H3,(H,42,48)(H,43,49)/t35?,36-,37?,38-,39+/m0/s1. The summed E-state index contributed by atoms with van der Waals surface area (Å²) in [4.78, 5) is 30.0. The molecule has 1 heterocycles. The zero-order chi connectivity index (χ0) is 37.7. The van der Waals surface area contributed by atoms with Crippen molar-refractivity contribution in [3.8, 4) is 12.3 Å². The van der Waals surface area contributed by atoms with Crippen LogP contribution >= 0.6 is 0 Å². The third-order valence-corrected chi connectivity index (χ3v) is 12.6. The maximum atomic E-state index is 14.0. The van der Waals surface area contributed by atoms with Crippen LogP contribution in [0.3, 0.4) is 0 Å². The van der Waals surface area contributed by atoms with E-state index in [0.717, 1.165) is 57.2 Å². The first-order valence-corrected chi connectivity index (χ1v) is 20.6. The summed E-state index contributed by atoms with van der Waals surface area (Å²) in [6, 6.07) is 15.6. The highest BCUT2D eigenvalue weighted by atomic mass is 32.2. The van der Waals surface area contributed by atoms with E-state index in [1.807, 2.05) is 56.3 Å². The molecule has 2 amide bonds. The van der Waals surface area contributed by atoms with Gasteiger partial charge in [-0.25, -0.2) is 12.7 Å². The quantitative estimate of drug-likeness (QED) is 0.161. The Labute approximate surface area is 311 Å². The number of aliphatic hydroxyl groups excluding tert-OH is 2. The van der Waals surface area contributed by atoms with Gasteiger partial charge in [0.1, 0.15) is 12.1 Å². The van der Waals surface area contributed by atoms with Crippen LogP contribution in [0.5, 0.6) is 0 Å². The number of benzene rings is 2. The molecular formula is C41H60N4O6S. The lowest BCUT2D eigenvalue weighted by molar-refractivity contribution is -0.132. The van der Waals surface area contributed by atoms with E-state index in [4.69, 9.17) is 6.42 Å². The minimum Gasteiger partial charge on any atom is -0.390 e. The minimum atomic E-state index is -3.88. The largest absolute Gasteiger partial charge is 0.390 e. The number of carbonyl (C=O) groups excluding carboxylic acids is 2. The molecule has 286 valence electrons. The number of carbonyl (C=O) groups is 2. The van der Waals surface area contributed by atoms with Gasteiger partial charge in [-0.3, -0.25) is 14.5 Å². The number of rotatable bonds is 19. The third kappa shape index (κ3) is 12.7. The molecule has 0 radical (unpaired) electrons. The highest BCUT2D eigenvalue weighted by molar-refractivity contribution is 7.89. The molecule has 4 rings (SSSR count). The van der Waals surface area contributed by atoms with Crippen molar-refractivity contribution >= 4 is 21.8 Å². The van der Waals surface area contributed by atoms with E-state index in [2.05, 4.69) is 33.6 Å². The lowest BCUT2D eigenvalue weighted by Crippen LogP contribution is -2.56. The second-order valence-corrected chi connectivity index (χ2v) is 17.4. The average molecular weight is 737 g/mol. The first kappa shape index (κ1) is 41.5. The summed E-state index contributed by atoms with van der Waals surface area (Å²) in [5.41, 5.74) is 3.37. The van der Waals surface area contributed by atoms with Crippen LogP contribution in [0, 0.1) is 30.1 Å². The molecule has 10 nitrogen and oxygen atoms in total. The Morgan fingerprint density at radius 3 is 2.33 bits per heavy atom. The Balaban J connectivity index is 1.45. The van der Waals surface area contributed by atoms with Crippen molar-refractivity contribution in [2.45, 2.75) is 109 Å². The Morgan fingerprint density at radius 1 is 0.981 bits per heavy atom. The molecule has 2 unspecified atom stereocenters. The van der Waals surface area contributed by atoms with Gasteiger partial charge in [-0.15, -0.1) is 12.3 Å². The summed E-state index contributed by atoms with van der Waals surface area (Å²) in [6.45, 7) is 6.36. The number of nitrogens with one attached hydrogen (secondary N) is 2. The molecule has 2 aromatic carbocycles. The third-order valence-electron chi connectivity index (χ3n) is 10.6. The molecule has 0 aromatic heterocycles. The number of fused-ring (bicyclic) bond motifs is 1. The normalized spacial score (nSPS) is 18.5. The number of amides is 2. The Bertz CT molecular complexity index is 1570. The lowest BCUT2D eigenvalue weighted by Gasteiger charge is -2.33. The number of sulfonamides is 1. The predicted molar refractivity (Wildman–Crippen MR) is 205 cm³/mol. The molecular weight excluding hydrogens is 677 g/mol. The number of hydrogen-bond acceptors (Lipinski definition) is 7. The van der Waals surface area contributed by atoms with Crippen molar-refractivity contribution < 1.29 is 28.2 Å². The first-order valence-electron chi connectivity index (χ1n) is 19.0. The van der Waals surface area contributed by atoms with Crippen molar-refractivity contribution in [1.82, 2.24) is 19.8 Å². The van der Waals surface area contributed by atoms with Crippen molar-refractivity contribution in [2.75, 3.05) is 32.4 Å². The van der Waals surface area contributed by atoms with Gasteiger partial charge in [-0.1, -0.05) is 101 Å². The molecule has 1 aliphatic carbocycles. The van der Waals surface area contributed by atoms with Crippen LogP contribution < -0.4 is 10.6 Å². The summed E-state index contributed by atoms with van der Waals surface area (Å²) in [5, 5.41) is 27.8. The van der Waals surface area contributed by atoms with Crippen LogP contribution in [0.2, 0.25) is 0 Å². The second kappa shape index (κ2) is 20.3. The Hall–Kier alpha value is -3.27. The molecule has 2 aromatic rings. The van der Waals surface area contributed by atoms with E-state index < -0.39 is 57.8 Å². The molecule has 4 N–H and O–H groups in total. The van der Waals surface area contributed by atoms with E-state index >= 15 is 0 Å². The molecule has 1 aliphatic heterocycles. The van der Waals surface area contributed by atoms with E-state index in [1.165, 1.54) is 15.4 Å². The van der Waals surface area contributed by atoms with Crippen molar-refractivity contribution in [3.05, 3.63) is 71.3 Å². The number of aliphatic hydroxyl groups is 2. The number of likely N-dealkylation sites (N-methyl/N-ethyl adjacent to an activating group) is 1. The molecule has 0 spiro atoms. The van der Waals surface area contributed by atoms with Crippen LogP contribution in [0.15, 0.2) is 54.6 Å². The van der Waals surface area contributed by atoms with Gasteiger partial charge in [0.05, 0.1) is 23.8 Å². The summed E-state index contributed by atoms with van der Waals surface area (Å²) < 4.78 is 28.9. The van der Waals surface area contributed by atoms with E-state index in [9.17, 15) is 28.2 Å². The number of nitrogens with zero attached hydrogens (tertiary/aromatic N) is 2. The summed E-state index contributed by atoms with van der Waals surface area (Å²) in [6.07, 6.45) is 10.6. The van der Waals surface area contributed by atoms with E-state index in [1.54, 1.807) is 7.05 Å². The van der Waals surface area contributed by atoms with Crippen molar-refractivity contribution in [3.63, 3.8) is 0 Å². The van der Waals surface area contributed by atoms with Crippen LogP contribution in [0.1, 0.15) is 81.9 Å². The van der Waals surface area contributed by atoms with Gasteiger partial charge in [0.25, 0.3) is 0 Å². The fourth-order valence-electron chi connectivity index (χ4n) is 7.53. The Kier molecular flexibility index (Phi) is 16.2. The van der Waals surface area contributed by atoms with Crippen LogP contribution in [-0.2, 0) is 39.0 Å². The van der Waals surface area contributed by atoms with Crippen molar-refractivity contribution in [2.24, 2.45) is 17.8 Å². The highest BCUT2D eigenvalue weighted by Crippen LogP contribution is 2.29. The van der Waals surface area contributed by atoms with E-state index in [0.29, 0.717) is 25.3 Å². The molecule has 11 heteroatoms. The molecule has 1 fully saturated rings. The van der Waals surface area contributed by atoms with Crippen molar-refractivity contribution in [1.29, 1.82) is 0 Å². The van der Waals surface area contributed by atoms with Gasteiger partial charge < -0.3 is 20.8 Å². The lowest BCUT2D eigenvalue weighted by atomic mass is 9.82. The topological polar surface area (TPSA) is 139 Å². The summed E-state index contributed by atoms with van der Waals surface area (Å²) in [5.74, 6) is 0.318. The second-order valence-electron chi connectivity index (χ2n) is 15.3. The van der Waals surface area contributed by atoms with Gasteiger partial charge in [0.2, 0.25) is 21.8 Å². The maximum absolute atomic E-state index is 14.0. The maximum Gasteiger partial charge on any atom is 0.243 e. The first-order chi connectivity index (χ1) is 24.9. The van der Waals surface area contributed by atoms with Crippen LogP contribution in [0.4, 0.5) is 0 Å². The smallest absolute Gasteiger partial charge is 0.243 e. The molecule has 2 aliphatic rings. The van der Waals surface area contributed by atoms with Gasteiger partial charge in [0.15, 0.2) is 0 Å². The molecule has 52 heavy (non-hydrogen) atoms. The zero-order valence-electron chi connectivity index (χ0n) is 31.3. The average Bonchev–Trinajstić information content (AvgIpc) is 3.13. The SMILES string of the molecule is C#CC[C@H](NC(=O)C(Cc1ccccc1)CS(=O)(=O)N(C)CCN1CCc2ccccc2C1)C(=O)NC(CC1CCCCC1)[C@@H](O)[C@@H](O)CC(C)C. The zero-order valence-corrected chi connectivity index (χ0v) is 32.1. The minimum absolute atomic E-state index is 0.123. The summed E-state index contributed by atoms with van der Waals surface area (Å²) >= 11 is 0. The predicted octanol–water partition coefficient (Wildman–Crippen LogP) is 3.90. The van der Waals surface area contributed by atoms with Crippen LogP contribution in [0.25, 0.3) is 0 Å². The van der Waals surface area contributed by atoms with Gasteiger partial charge in [-0.2, -0.15) is 0 Å².